The third-order valence-corrected chi connectivity index (χ3v) is 4.01. The van der Waals surface area contributed by atoms with Crippen molar-refractivity contribution in [3.8, 4) is 0 Å². The number of benzene rings is 3. The summed E-state index contributed by atoms with van der Waals surface area (Å²) in [5.74, 6) is -0.422. The van der Waals surface area contributed by atoms with Gasteiger partial charge in [0.05, 0.1) is 18.7 Å². The Balaban J connectivity index is 2.04. The number of rotatable bonds is 5. The van der Waals surface area contributed by atoms with Crippen molar-refractivity contribution in [2.45, 2.75) is 6.04 Å². The molecule has 0 radical (unpaired) electrons. The van der Waals surface area contributed by atoms with Crippen LogP contribution in [0.25, 0.3) is 0 Å². The number of esters is 1. The summed E-state index contributed by atoms with van der Waals surface area (Å²) in [5, 5.41) is 3.47. The molecule has 0 heterocycles. The topological polar surface area (TPSA) is 64.3 Å². The molecule has 0 aromatic heterocycles. The lowest BCUT2D eigenvalue weighted by atomic mass is 9.98. The Morgan fingerprint density at radius 2 is 1.48 bits per heavy atom. The molecule has 0 amide bonds. The van der Waals surface area contributed by atoms with Gasteiger partial charge in [-0.15, -0.1) is 0 Å². The Labute approximate surface area is 147 Å². The van der Waals surface area contributed by atoms with Gasteiger partial charge in [0.15, 0.2) is 0 Å². The highest BCUT2D eigenvalue weighted by Gasteiger charge is 2.18. The second-order valence-corrected chi connectivity index (χ2v) is 5.70. The number of anilines is 2. The molecule has 3 aromatic carbocycles. The average molecular weight is 332 g/mol. The summed E-state index contributed by atoms with van der Waals surface area (Å²) in [7, 11) is 1.36. The first kappa shape index (κ1) is 16.6. The fraction of sp³-hybridized carbons (Fsp3) is 0.0952. The largest absolute Gasteiger partial charge is 0.465 e. The lowest BCUT2D eigenvalue weighted by molar-refractivity contribution is 0.0602. The van der Waals surface area contributed by atoms with Crippen molar-refractivity contribution >= 4 is 17.3 Å². The van der Waals surface area contributed by atoms with E-state index in [1.165, 1.54) is 7.11 Å². The van der Waals surface area contributed by atoms with E-state index in [1.54, 1.807) is 18.2 Å². The van der Waals surface area contributed by atoms with E-state index in [-0.39, 0.29) is 6.04 Å². The van der Waals surface area contributed by atoms with Gasteiger partial charge in [-0.2, -0.15) is 0 Å². The van der Waals surface area contributed by atoms with Gasteiger partial charge in [0, 0.05) is 11.4 Å². The van der Waals surface area contributed by atoms with Gasteiger partial charge in [0.25, 0.3) is 0 Å². The quantitative estimate of drug-likeness (QED) is 0.541. The Hall–Kier alpha value is -3.27. The highest BCUT2D eigenvalue weighted by Crippen LogP contribution is 2.29. The highest BCUT2D eigenvalue weighted by atomic mass is 16.5. The van der Waals surface area contributed by atoms with E-state index in [4.69, 9.17) is 10.5 Å². The van der Waals surface area contributed by atoms with Gasteiger partial charge < -0.3 is 15.8 Å². The number of hydrogen-bond donors (Lipinski definition) is 2. The molecule has 4 nitrogen and oxygen atoms in total. The molecular formula is C21H20N2O2. The van der Waals surface area contributed by atoms with E-state index >= 15 is 0 Å². The third kappa shape index (κ3) is 3.80. The smallest absolute Gasteiger partial charge is 0.340 e. The van der Waals surface area contributed by atoms with Gasteiger partial charge in [0.2, 0.25) is 0 Å². The van der Waals surface area contributed by atoms with E-state index < -0.39 is 5.97 Å². The first-order chi connectivity index (χ1) is 12.2. The molecule has 25 heavy (non-hydrogen) atoms. The number of carbonyl (C=O) groups is 1. The van der Waals surface area contributed by atoms with Gasteiger partial charge in [0.1, 0.15) is 0 Å². The zero-order valence-corrected chi connectivity index (χ0v) is 14.0. The van der Waals surface area contributed by atoms with Crippen LogP contribution in [0.1, 0.15) is 27.5 Å². The second kappa shape index (κ2) is 7.53. The van der Waals surface area contributed by atoms with E-state index in [1.807, 2.05) is 36.4 Å². The maximum absolute atomic E-state index is 12.1. The van der Waals surface area contributed by atoms with Gasteiger partial charge in [-0.25, -0.2) is 4.79 Å². The van der Waals surface area contributed by atoms with Crippen molar-refractivity contribution in [2.24, 2.45) is 0 Å². The van der Waals surface area contributed by atoms with Crippen molar-refractivity contribution in [2.75, 3.05) is 18.2 Å². The minimum atomic E-state index is -0.422. The average Bonchev–Trinajstić information content (AvgIpc) is 2.67. The summed E-state index contributed by atoms with van der Waals surface area (Å²) in [5.41, 5.74) is 9.65. The summed E-state index contributed by atoms with van der Waals surface area (Å²) in [6.45, 7) is 0. The third-order valence-electron chi connectivity index (χ3n) is 4.01. The van der Waals surface area contributed by atoms with E-state index in [2.05, 4.69) is 29.6 Å². The van der Waals surface area contributed by atoms with E-state index in [0.717, 1.165) is 11.1 Å². The zero-order valence-electron chi connectivity index (χ0n) is 14.0. The molecule has 0 saturated heterocycles. The molecule has 0 bridgehead atoms. The first-order valence-electron chi connectivity index (χ1n) is 8.03. The van der Waals surface area contributed by atoms with Gasteiger partial charge in [-0.3, -0.25) is 0 Å². The first-order valence-corrected chi connectivity index (χ1v) is 8.03. The van der Waals surface area contributed by atoms with Gasteiger partial charge in [-0.05, 0) is 29.3 Å². The Kier molecular flexibility index (Phi) is 5.00. The van der Waals surface area contributed by atoms with Crippen molar-refractivity contribution in [1.29, 1.82) is 0 Å². The van der Waals surface area contributed by atoms with Crippen molar-refractivity contribution in [1.82, 2.24) is 0 Å². The lowest BCUT2D eigenvalue weighted by Crippen LogP contribution is -2.15. The van der Waals surface area contributed by atoms with Crippen LogP contribution in [0.4, 0.5) is 11.4 Å². The number of methoxy groups -OCH3 is 1. The molecule has 0 aliphatic carbocycles. The van der Waals surface area contributed by atoms with Crippen molar-refractivity contribution < 1.29 is 9.53 Å². The predicted octanol–water partition coefficient (Wildman–Crippen LogP) is 4.26. The SMILES string of the molecule is COC(=O)c1cc(N)ccc1NC(c1ccccc1)c1ccccc1. The maximum atomic E-state index is 12.1. The molecular weight excluding hydrogens is 312 g/mol. The lowest BCUT2D eigenvalue weighted by Gasteiger charge is -2.22. The molecule has 0 unspecified atom stereocenters. The minimum Gasteiger partial charge on any atom is -0.465 e. The molecule has 126 valence electrons. The molecule has 0 spiro atoms. The van der Waals surface area contributed by atoms with Crippen molar-refractivity contribution in [3.05, 3.63) is 95.6 Å². The van der Waals surface area contributed by atoms with Crippen LogP contribution in [0, 0.1) is 0 Å². The molecule has 0 atom stereocenters. The second-order valence-electron chi connectivity index (χ2n) is 5.70. The van der Waals surface area contributed by atoms with Crippen molar-refractivity contribution in [3.63, 3.8) is 0 Å². The summed E-state index contributed by atoms with van der Waals surface area (Å²) >= 11 is 0. The molecule has 0 fully saturated rings. The number of hydrogen-bond acceptors (Lipinski definition) is 4. The summed E-state index contributed by atoms with van der Waals surface area (Å²) in [6, 6.07) is 25.3. The van der Waals surface area contributed by atoms with Crippen LogP contribution in [-0.2, 0) is 4.74 Å². The molecule has 3 rings (SSSR count). The fourth-order valence-electron chi connectivity index (χ4n) is 2.77. The van der Waals surface area contributed by atoms with Crippen LogP contribution < -0.4 is 11.1 Å². The number of ether oxygens (including phenoxy) is 1. The Bertz CT molecular complexity index is 809. The summed E-state index contributed by atoms with van der Waals surface area (Å²) < 4.78 is 4.89. The maximum Gasteiger partial charge on any atom is 0.340 e. The van der Waals surface area contributed by atoms with E-state index in [9.17, 15) is 4.79 Å². The monoisotopic (exact) mass is 332 g/mol. The number of nitrogens with two attached hydrogens (primary N) is 1. The van der Waals surface area contributed by atoms with Gasteiger partial charge in [-0.1, -0.05) is 60.7 Å². The van der Waals surface area contributed by atoms with Crippen LogP contribution in [0.3, 0.4) is 0 Å². The minimum absolute atomic E-state index is 0.102. The normalized spacial score (nSPS) is 10.5. The standard InChI is InChI=1S/C21H20N2O2/c1-25-21(24)18-14-17(22)12-13-19(18)23-20(15-8-4-2-5-9-15)16-10-6-3-7-11-16/h2-14,20,23H,22H2,1H3. The van der Waals surface area contributed by atoms with Crippen LogP contribution in [-0.4, -0.2) is 13.1 Å². The molecule has 0 aliphatic rings. The fourth-order valence-corrected chi connectivity index (χ4v) is 2.77. The van der Waals surface area contributed by atoms with Crippen LogP contribution in [0.2, 0.25) is 0 Å². The molecule has 0 aliphatic heterocycles. The highest BCUT2D eigenvalue weighted by molar-refractivity contribution is 5.96. The van der Waals surface area contributed by atoms with E-state index in [0.29, 0.717) is 16.9 Å². The number of nitrogens with one attached hydrogen (secondary N) is 1. The summed E-state index contributed by atoms with van der Waals surface area (Å²) in [6.07, 6.45) is 0. The van der Waals surface area contributed by atoms with Crippen LogP contribution >= 0.6 is 0 Å². The molecule has 4 heteroatoms. The predicted molar refractivity (Wildman–Crippen MR) is 101 cm³/mol. The Morgan fingerprint density at radius 3 is 2.00 bits per heavy atom. The molecule has 0 saturated carbocycles. The van der Waals surface area contributed by atoms with Gasteiger partial charge >= 0.3 is 5.97 Å². The molecule has 3 N–H and O–H groups in total. The zero-order chi connectivity index (χ0) is 17.6. The summed E-state index contributed by atoms with van der Waals surface area (Å²) in [4.78, 5) is 12.1. The van der Waals surface area contributed by atoms with Crippen LogP contribution in [0.15, 0.2) is 78.9 Å². The number of carbonyl (C=O) groups excluding carboxylic acids is 1. The van der Waals surface area contributed by atoms with Crippen LogP contribution in [0.5, 0.6) is 0 Å². The number of nitrogen functional groups attached to an aromatic ring is 1. The molecule has 3 aromatic rings. The Morgan fingerprint density at radius 1 is 0.920 bits per heavy atom.